The summed E-state index contributed by atoms with van der Waals surface area (Å²) in [6.45, 7) is 2.10. The van der Waals surface area contributed by atoms with Crippen molar-refractivity contribution in [3.8, 4) is 0 Å². The van der Waals surface area contributed by atoms with Gasteiger partial charge in [0.15, 0.2) is 0 Å². The van der Waals surface area contributed by atoms with Gasteiger partial charge in [-0.25, -0.2) is 9.18 Å². The lowest BCUT2D eigenvalue weighted by atomic mass is 10.1. The van der Waals surface area contributed by atoms with Gasteiger partial charge in [-0.15, -0.1) is 0 Å². The van der Waals surface area contributed by atoms with Crippen molar-refractivity contribution in [3.63, 3.8) is 0 Å². The molecule has 0 aliphatic rings. The summed E-state index contributed by atoms with van der Waals surface area (Å²) < 4.78 is 18.4. The summed E-state index contributed by atoms with van der Waals surface area (Å²) >= 11 is 5.85. The molecule has 0 saturated carbocycles. The van der Waals surface area contributed by atoms with Gasteiger partial charge in [0.1, 0.15) is 5.82 Å². The average molecular weight is 308 g/mol. The second-order valence-corrected chi connectivity index (χ2v) is 5.07. The van der Waals surface area contributed by atoms with Crippen molar-refractivity contribution in [1.29, 1.82) is 0 Å². The summed E-state index contributed by atoms with van der Waals surface area (Å²) in [4.78, 5) is 11.8. The molecular weight excluding hydrogens is 293 g/mol. The van der Waals surface area contributed by atoms with E-state index in [0.29, 0.717) is 21.8 Å². The predicted octanol–water partition coefficient (Wildman–Crippen LogP) is 4.19. The van der Waals surface area contributed by atoms with Gasteiger partial charge in [0.25, 0.3) is 0 Å². The molecule has 0 radical (unpaired) electrons. The van der Waals surface area contributed by atoms with Crippen LogP contribution in [0.3, 0.4) is 0 Å². The molecule has 0 aliphatic heterocycles. The molecule has 2 aromatic carbocycles. The molecule has 1 N–H and O–H groups in total. The Kier molecular flexibility index (Phi) is 4.81. The summed E-state index contributed by atoms with van der Waals surface area (Å²) in [6, 6.07) is 9.72. The van der Waals surface area contributed by atoms with Crippen LogP contribution in [0.15, 0.2) is 36.4 Å². The van der Waals surface area contributed by atoms with Crippen molar-refractivity contribution >= 4 is 23.3 Å². The fourth-order valence-electron chi connectivity index (χ4n) is 1.96. The zero-order valence-corrected chi connectivity index (χ0v) is 12.5. The molecule has 0 unspecified atom stereocenters. The van der Waals surface area contributed by atoms with E-state index in [9.17, 15) is 9.18 Å². The maximum Gasteiger partial charge on any atom is 0.339 e. The third kappa shape index (κ3) is 3.73. The van der Waals surface area contributed by atoms with Crippen molar-refractivity contribution in [2.45, 2.75) is 13.5 Å². The van der Waals surface area contributed by atoms with E-state index in [4.69, 9.17) is 16.3 Å². The maximum absolute atomic E-state index is 13.7. The largest absolute Gasteiger partial charge is 0.465 e. The molecule has 21 heavy (non-hydrogen) atoms. The number of carbonyl (C=O) groups is 1. The van der Waals surface area contributed by atoms with Crippen LogP contribution in [0.1, 0.15) is 21.5 Å². The molecule has 0 heterocycles. The molecule has 0 atom stereocenters. The first-order valence-electron chi connectivity index (χ1n) is 6.38. The minimum atomic E-state index is -0.437. The fourth-order valence-corrected chi connectivity index (χ4v) is 2.16. The molecule has 0 bridgehead atoms. The van der Waals surface area contributed by atoms with Crippen molar-refractivity contribution in [1.82, 2.24) is 0 Å². The normalized spacial score (nSPS) is 10.3. The van der Waals surface area contributed by atoms with Gasteiger partial charge in [-0.3, -0.25) is 0 Å². The first-order valence-corrected chi connectivity index (χ1v) is 6.76. The van der Waals surface area contributed by atoms with E-state index < -0.39 is 5.97 Å². The van der Waals surface area contributed by atoms with Gasteiger partial charge in [-0.1, -0.05) is 23.2 Å². The number of halogens is 2. The van der Waals surface area contributed by atoms with Crippen LogP contribution in [0.25, 0.3) is 0 Å². The van der Waals surface area contributed by atoms with Crippen LogP contribution in [-0.2, 0) is 11.3 Å². The van der Waals surface area contributed by atoms with E-state index in [2.05, 4.69) is 5.32 Å². The van der Waals surface area contributed by atoms with Gasteiger partial charge in [-0.2, -0.15) is 0 Å². The van der Waals surface area contributed by atoms with E-state index in [1.165, 1.54) is 19.2 Å². The van der Waals surface area contributed by atoms with Crippen molar-refractivity contribution in [3.05, 3.63) is 63.9 Å². The summed E-state index contributed by atoms with van der Waals surface area (Å²) in [6.07, 6.45) is 0. The quantitative estimate of drug-likeness (QED) is 0.861. The van der Waals surface area contributed by atoms with E-state index in [1.54, 1.807) is 18.2 Å². The first-order chi connectivity index (χ1) is 10.0. The van der Waals surface area contributed by atoms with Gasteiger partial charge in [0.05, 0.1) is 12.7 Å². The van der Waals surface area contributed by atoms with Crippen molar-refractivity contribution in [2.24, 2.45) is 0 Å². The lowest BCUT2D eigenvalue weighted by molar-refractivity contribution is 0.0601. The average Bonchev–Trinajstić information content (AvgIpc) is 2.48. The van der Waals surface area contributed by atoms with Crippen LogP contribution in [-0.4, -0.2) is 13.1 Å². The van der Waals surface area contributed by atoms with Gasteiger partial charge in [0, 0.05) is 22.8 Å². The van der Waals surface area contributed by atoms with Gasteiger partial charge < -0.3 is 10.1 Å². The number of carbonyl (C=O) groups excluding carboxylic acids is 1. The molecule has 3 nitrogen and oxygen atoms in total. The smallest absolute Gasteiger partial charge is 0.339 e. The van der Waals surface area contributed by atoms with Crippen LogP contribution in [0.5, 0.6) is 0 Å². The molecule has 0 fully saturated rings. The van der Waals surface area contributed by atoms with E-state index >= 15 is 0 Å². The standard InChI is InChI=1S/C16H15ClFNO2/c1-10-3-6-15(13(7-10)16(20)21-2)19-9-11-8-12(17)4-5-14(11)18/h3-8,19H,9H2,1-2H3. The van der Waals surface area contributed by atoms with Gasteiger partial charge >= 0.3 is 5.97 Å². The highest BCUT2D eigenvalue weighted by molar-refractivity contribution is 6.30. The van der Waals surface area contributed by atoms with Crippen molar-refractivity contribution in [2.75, 3.05) is 12.4 Å². The summed E-state index contributed by atoms with van der Waals surface area (Å²) in [7, 11) is 1.32. The van der Waals surface area contributed by atoms with E-state index in [-0.39, 0.29) is 12.4 Å². The number of aryl methyl sites for hydroxylation is 1. The van der Waals surface area contributed by atoms with Crippen LogP contribution >= 0.6 is 11.6 Å². The monoisotopic (exact) mass is 307 g/mol. The molecule has 0 saturated heterocycles. The molecule has 0 aliphatic carbocycles. The number of nitrogens with one attached hydrogen (secondary N) is 1. The molecule has 2 aromatic rings. The second-order valence-electron chi connectivity index (χ2n) is 4.63. The minimum absolute atomic E-state index is 0.222. The highest BCUT2D eigenvalue weighted by Crippen LogP contribution is 2.21. The third-order valence-electron chi connectivity index (χ3n) is 3.06. The Morgan fingerprint density at radius 3 is 2.76 bits per heavy atom. The number of hydrogen-bond acceptors (Lipinski definition) is 3. The van der Waals surface area contributed by atoms with Crippen molar-refractivity contribution < 1.29 is 13.9 Å². The first kappa shape index (κ1) is 15.3. The minimum Gasteiger partial charge on any atom is -0.465 e. The van der Waals surface area contributed by atoms with Gasteiger partial charge in [0.2, 0.25) is 0 Å². The van der Waals surface area contributed by atoms with Crippen LogP contribution in [0, 0.1) is 12.7 Å². The number of anilines is 1. The molecular formula is C16H15ClFNO2. The lowest BCUT2D eigenvalue weighted by Gasteiger charge is -2.12. The SMILES string of the molecule is COC(=O)c1cc(C)ccc1NCc1cc(Cl)ccc1F. The van der Waals surface area contributed by atoms with E-state index in [1.807, 2.05) is 13.0 Å². The third-order valence-corrected chi connectivity index (χ3v) is 3.29. The molecule has 0 aromatic heterocycles. The van der Waals surface area contributed by atoms with Gasteiger partial charge in [-0.05, 0) is 37.3 Å². The molecule has 2 rings (SSSR count). The highest BCUT2D eigenvalue weighted by atomic mass is 35.5. The summed E-state index contributed by atoms with van der Waals surface area (Å²) in [5.74, 6) is -0.786. The Morgan fingerprint density at radius 2 is 2.05 bits per heavy atom. The number of methoxy groups -OCH3 is 1. The fraction of sp³-hybridized carbons (Fsp3) is 0.188. The molecule has 0 spiro atoms. The Morgan fingerprint density at radius 1 is 1.29 bits per heavy atom. The molecule has 0 amide bonds. The number of benzene rings is 2. The Labute approximate surface area is 127 Å². The van der Waals surface area contributed by atoms with Crippen LogP contribution in [0.4, 0.5) is 10.1 Å². The van der Waals surface area contributed by atoms with Crippen LogP contribution in [0.2, 0.25) is 5.02 Å². The maximum atomic E-state index is 13.7. The van der Waals surface area contributed by atoms with Crippen LogP contribution < -0.4 is 5.32 Å². The highest BCUT2D eigenvalue weighted by Gasteiger charge is 2.12. The predicted molar refractivity (Wildman–Crippen MR) is 81.3 cm³/mol. The Bertz CT molecular complexity index is 673. The zero-order valence-electron chi connectivity index (χ0n) is 11.7. The topological polar surface area (TPSA) is 38.3 Å². The Balaban J connectivity index is 2.24. The zero-order chi connectivity index (χ0) is 15.4. The van der Waals surface area contributed by atoms with E-state index in [0.717, 1.165) is 5.56 Å². The number of esters is 1. The number of ether oxygens (including phenoxy) is 1. The lowest BCUT2D eigenvalue weighted by Crippen LogP contribution is -2.09. The Hall–Kier alpha value is -2.07. The summed E-state index contributed by atoms with van der Waals surface area (Å²) in [5.41, 5.74) is 2.38. The number of rotatable bonds is 4. The molecule has 5 heteroatoms. The number of hydrogen-bond donors (Lipinski definition) is 1. The molecule has 110 valence electrons. The second kappa shape index (κ2) is 6.59. The summed E-state index contributed by atoms with van der Waals surface area (Å²) in [5, 5.41) is 3.50.